The Bertz CT molecular complexity index is 1380. The molecule has 1 amide bonds. The number of hydrogen-bond acceptors (Lipinski definition) is 7. The van der Waals surface area contributed by atoms with Gasteiger partial charge in [-0.25, -0.2) is 5.43 Å². The maximum absolute atomic E-state index is 12.4. The fraction of sp³-hybridized carbons (Fsp3) is 0.120. The van der Waals surface area contributed by atoms with Crippen molar-refractivity contribution in [1.82, 2.24) is 20.2 Å². The molecular weight excluding hydrogens is 521 g/mol. The first kappa shape index (κ1) is 25.6. The van der Waals surface area contributed by atoms with E-state index in [-0.39, 0.29) is 17.4 Å². The molecule has 0 bridgehead atoms. The van der Waals surface area contributed by atoms with Crippen molar-refractivity contribution in [2.24, 2.45) is 5.10 Å². The third-order valence-electron chi connectivity index (χ3n) is 4.88. The summed E-state index contributed by atoms with van der Waals surface area (Å²) in [7, 11) is 0. The van der Waals surface area contributed by atoms with Crippen LogP contribution in [0.1, 0.15) is 12.5 Å². The van der Waals surface area contributed by atoms with Crippen molar-refractivity contribution >= 4 is 47.1 Å². The van der Waals surface area contributed by atoms with E-state index < -0.39 is 0 Å². The van der Waals surface area contributed by atoms with Gasteiger partial charge in [-0.3, -0.25) is 9.36 Å². The Labute approximate surface area is 221 Å². The second-order valence-electron chi connectivity index (χ2n) is 7.33. The molecule has 11 heteroatoms. The summed E-state index contributed by atoms with van der Waals surface area (Å²) in [6.45, 7) is 2.24. The van der Waals surface area contributed by atoms with Crippen LogP contribution in [-0.4, -0.2) is 44.4 Å². The number of amides is 1. The lowest BCUT2D eigenvalue weighted by atomic mass is 10.2. The van der Waals surface area contributed by atoms with Crippen LogP contribution in [0.25, 0.3) is 17.1 Å². The van der Waals surface area contributed by atoms with E-state index in [9.17, 15) is 9.90 Å². The maximum atomic E-state index is 12.4. The van der Waals surface area contributed by atoms with Crippen molar-refractivity contribution in [2.45, 2.75) is 12.1 Å². The maximum Gasteiger partial charge on any atom is 0.250 e. The van der Waals surface area contributed by atoms with Crippen LogP contribution < -0.4 is 10.2 Å². The number of hydrazone groups is 1. The molecule has 0 atom stereocenters. The number of aromatic nitrogens is 3. The van der Waals surface area contributed by atoms with Gasteiger partial charge in [-0.1, -0.05) is 41.0 Å². The highest BCUT2D eigenvalue weighted by Gasteiger charge is 2.17. The van der Waals surface area contributed by atoms with E-state index in [0.29, 0.717) is 38.9 Å². The summed E-state index contributed by atoms with van der Waals surface area (Å²) in [5.74, 6) is 0.586. The minimum Gasteiger partial charge on any atom is -0.504 e. The summed E-state index contributed by atoms with van der Waals surface area (Å²) in [6, 6.07) is 19.5. The van der Waals surface area contributed by atoms with Gasteiger partial charge in [-0.05, 0) is 67.6 Å². The lowest BCUT2D eigenvalue weighted by Crippen LogP contribution is -2.20. The van der Waals surface area contributed by atoms with Crippen LogP contribution in [0.5, 0.6) is 11.5 Å². The average molecular weight is 542 g/mol. The number of phenolic OH excluding ortho intramolecular Hbond substituents is 1. The van der Waals surface area contributed by atoms with E-state index >= 15 is 0 Å². The molecule has 2 N–H and O–H groups in total. The zero-order chi connectivity index (χ0) is 25.5. The Morgan fingerprint density at radius 1 is 1.08 bits per heavy atom. The quantitative estimate of drug-likeness (QED) is 0.163. The van der Waals surface area contributed by atoms with Crippen LogP contribution in [0.2, 0.25) is 10.0 Å². The Balaban J connectivity index is 1.49. The molecule has 0 aliphatic carbocycles. The summed E-state index contributed by atoms with van der Waals surface area (Å²) in [5.41, 5.74) is 4.49. The van der Waals surface area contributed by atoms with E-state index in [1.54, 1.807) is 42.5 Å². The van der Waals surface area contributed by atoms with Crippen molar-refractivity contribution in [1.29, 1.82) is 0 Å². The molecule has 3 aromatic carbocycles. The number of halogens is 2. The molecule has 36 heavy (non-hydrogen) atoms. The predicted octanol–water partition coefficient (Wildman–Crippen LogP) is 5.59. The normalized spacial score (nSPS) is 11.1. The second kappa shape index (κ2) is 11.9. The molecule has 0 spiro atoms. The highest BCUT2D eigenvalue weighted by molar-refractivity contribution is 7.99. The number of thioether (sulfide) groups is 1. The number of carbonyl (C=O) groups is 1. The molecule has 0 radical (unpaired) electrons. The Morgan fingerprint density at radius 2 is 1.78 bits per heavy atom. The number of aromatic hydroxyl groups is 1. The van der Waals surface area contributed by atoms with E-state index in [0.717, 1.165) is 11.3 Å². The van der Waals surface area contributed by atoms with Gasteiger partial charge in [0.15, 0.2) is 22.5 Å². The lowest BCUT2D eigenvalue weighted by Gasteiger charge is -2.10. The van der Waals surface area contributed by atoms with Crippen LogP contribution in [0, 0.1) is 0 Å². The van der Waals surface area contributed by atoms with Crippen molar-refractivity contribution in [3.63, 3.8) is 0 Å². The minimum atomic E-state index is -0.351. The number of para-hydroxylation sites is 1. The number of ether oxygens (including phenoxy) is 1. The van der Waals surface area contributed by atoms with Gasteiger partial charge in [0.05, 0.1) is 18.6 Å². The summed E-state index contributed by atoms with van der Waals surface area (Å²) < 4.78 is 7.20. The SMILES string of the molecule is CCOc1cccc(/C=N/NC(=O)CSc2nnc(-c3ccc(Cl)cc3)n2-c2ccc(Cl)cc2)c1O. The highest BCUT2D eigenvalue weighted by Crippen LogP contribution is 2.30. The van der Waals surface area contributed by atoms with Crippen LogP contribution in [0.4, 0.5) is 0 Å². The summed E-state index contributed by atoms with van der Waals surface area (Å²) in [4.78, 5) is 12.4. The van der Waals surface area contributed by atoms with Crippen molar-refractivity contribution in [3.05, 3.63) is 82.3 Å². The zero-order valence-electron chi connectivity index (χ0n) is 19.1. The van der Waals surface area contributed by atoms with Crippen molar-refractivity contribution < 1.29 is 14.6 Å². The van der Waals surface area contributed by atoms with E-state index in [2.05, 4.69) is 20.7 Å². The van der Waals surface area contributed by atoms with Crippen LogP contribution in [0.3, 0.4) is 0 Å². The molecule has 0 fully saturated rings. The average Bonchev–Trinajstić information content (AvgIpc) is 3.30. The van der Waals surface area contributed by atoms with Crippen molar-refractivity contribution in [2.75, 3.05) is 12.4 Å². The fourth-order valence-corrected chi connectivity index (χ4v) is 4.22. The topological polar surface area (TPSA) is 102 Å². The summed E-state index contributed by atoms with van der Waals surface area (Å²) in [6.07, 6.45) is 1.36. The van der Waals surface area contributed by atoms with Crippen LogP contribution in [-0.2, 0) is 4.79 Å². The number of hydrogen-bond donors (Lipinski definition) is 2. The van der Waals surface area contributed by atoms with Crippen LogP contribution in [0.15, 0.2) is 77.0 Å². The molecule has 0 saturated carbocycles. The van der Waals surface area contributed by atoms with E-state index in [1.165, 1.54) is 18.0 Å². The Kier molecular flexibility index (Phi) is 8.48. The Hall–Kier alpha value is -3.53. The molecule has 4 rings (SSSR count). The lowest BCUT2D eigenvalue weighted by molar-refractivity contribution is -0.118. The zero-order valence-corrected chi connectivity index (χ0v) is 21.4. The standard InChI is InChI=1S/C25H21Cl2N5O3S/c1-2-35-21-5-3-4-17(23(21)34)14-28-29-22(33)15-36-25-31-30-24(16-6-8-18(26)9-7-16)32(25)20-12-10-19(27)11-13-20/h3-14,34H,2,15H2,1H3,(H,29,33)/b28-14+. The number of carbonyl (C=O) groups excluding carboxylic acids is 1. The number of benzene rings is 3. The molecule has 0 aliphatic rings. The number of phenols is 1. The molecule has 1 aromatic heterocycles. The van der Waals surface area contributed by atoms with E-state index in [4.69, 9.17) is 27.9 Å². The molecule has 8 nitrogen and oxygen atoms in total. The molecule has 184 valence electrons. The van der Waals surface area contributed by atoms with Gasteiger partial charge in [0, 0.05) is 26.9 Å². The predicted molar refractivity (Wildman–Crippen MR) is 143 cm³/mol. The van der Waals surface area contributed by atoms with Gasteiger partial charge < -0.3 is 9.84 Å². The van der Waals surface area contributed by atoms with Gasteiger partial charge in [0.2, 0.25) is 0 Å². The third-order valence-corrected chi connectivity index (χ3v) is 6.31. The van der Waals surface area contributed by atoms with Crippen LogP contribution >= 0.6 is 35.0 Å². The first-order valence-corrected chi connectivity index (χ1v) is 12.6. The Morgan fingerprint density at radius 3 is 2.47 bits per heavy atom. The monoisotopic (exact) mass is 541 g/mol. The molecule has 4 aromatic rings. The van der Waals surface area contributed by atoms with Gasteiger partial charge in [0.1, 0.15) is 0 Å². The number of nitrogens with one attached hydrogen (secondary N) is 1. The minimum absolute atomic E-state index is 0.0364. The molecule has 1 heterocycles. The molecule has 0 aliphatic heterocycles. The van der Waals surface area contributed by atoms with E-state index in [1.807, 2.05) is 35.8 Å². The highest BCUT2D eigenvalue weighted by atomic mass is 35.5. The molecule has 0 unspecified atom stereocenters. The van der Waals surface area contributed by atoms with Gasteiger partial charge in [0.25, 0.3) is 5.91 Å². The smallest absolute Gasteiger partial charge is 0.250 e. The molecule has 0 saturated heterocycles. The second-order valence-corrected chi connectivity index (χ2v) is 9.15. The summed E-state index contributed by atoms with van der Waals surface area (Å²) in [5, 5.41) is 24.6. The molecular formula is C25H21Cl2N5O3S. The van der Waals surface area contributed by atoms with Gasteiger partial charge >= 0.3 is 0 Å². The largest absolute Gasteiger partial charge is 0.504 e. The summed E-state index contributed by atoms with van der Waals surface area (Å²) >= 11 is 13.3. The third kappa shape index (κ3) is 6.17. The van der Waals surface area contributed by atoms with Crippen molar-refractivity contribution in [3.8, 4) is 28.6 Å². The number of rotatable bonds is 9. The van der Waals surface area contributed by atoms with Gasteiger partial charge in [-0.2, -0.15) is 5.10 Å². The first-order chi connectivity index (χ1) is 17.5. The van der Waals surface area contributed by atoms with Gasteiger partial charge in [-0.15, -0.1) is 10.2 Å². The first-order valence-electron chi connectivity index (χ1n) is 10.8. The fourth-order valence-electron chi connectivity index (χ4n) is 3.22. The number of nitrogens with zero attached hydrogens (tertiary/aromatic N) is 4.